The average molecular weight is 427 g/mol. The molecule has 1 fully saturated rings. The largest absolute Gasteiger partial charge is 0.365 e. The quantitative estimate of drug-likeness (QED) is 0.742. The van der Waals surface area contributed by atoms with Gasteiger partial charge in [0.15, 0.2) is 0 Å². The van der Waals surface area contributed by atoms with Crippen molar-refractivity contribution < 1.29 is 14.4 Å². The van der Waals surface area contributed by atoms with Gasteiger partial charge in [-0.3, -0.25) is 19.3 Å². The maximum absolute atomic E-state index is 12.9. The number of rotatable bonds is 6. The van der Waals surface area contributed by atoms with Gasteiger partial charge in [-0.05, 0) is 37.1 Å². The molecule has 0 bridgehead atoms. The summed E-state index contributed by atoms with van der Waals surface area (Å²) in [5, 5.41) is 3.43. The molecule has 30 heavy (non-hydrogen) atoms. The van der Waals surface area contributed by atoms with Gasteiger partial charge in [0, 0.05) is 36.6 Å². The molecule has 7 nitrogen and oxygen atoms in total. The molecule has 2 aliphatic heterocycles. The predicted molar refractivity (Wildman–Crippen MR) is 118 cm³/mol. The second-order valence-electron chi connectivity index (χ2n) is 7.83. The Balaban J connectivity index is 1.51. The van der Waals surface area contributed by atoms with Gasteiger partial charge in [0.05, 0.1) is 11.5 Å². The van der Waals surface area contributed by atoms with E-state index in [9.17, 15) is 14.4 Å². The summed E-state index contributed by atoms with van der Waals surface area (Å²) in [6.45, 7) is 5.13. The van der Waals surface area contributed by atoms with Crippen molar-refractivity contribution in [2.24, 2.45) is 11.7 Å². The van der Waals surface area contributed by atoms with Crippen LogP contribution in [0.5, 0.6) is 0 Å². The Morgan fingerprint density at radius 3 is 2.73 bits per heavy atom. The molecular formula is C22H26N4O3S. The molecule has 4 rings (SSSR count). The number of carbonyl (C=O) groups is 3. The fourth-order valence-electron chi connectivity index (χ4n) is 4.27. The van der Waals surface area contributed by atoms with Gasteiger partial charge >= 0.3 is 0 Å². The van der Waals surface area contributed by atoms with E-state index in [0.717, 1.165) is 48.6 Å². The summed E-state index contributed by atoms with van der Waals surface area (Å²) in [7, 11) is 0. The summed E-state index contributed by atoms with van der Waals surface area (Å²) in [5.74, 6) is -1.29. The Morgan fingerprint density at radius 1 is 1.27 bits per heavy atom. The molecule has 1 atom stereocenters. The minimum absolute atomic E-state index is 0.0721. The van der Waals surface area contributed by atoms with Crippen LogP contribution >= 0.6 is 11.3 Å². The Bertz CT molecular complexity index is 972. The van der Waals surface area contributed by atoms with Gasteiger partial charge in [-0.2, -0.15) is 0 Å². The molecule has 1 aromatic heterocycles. The first-order valence-corrected chi connectivity index (χ1v) is 11.1. The molecule has 3 heterocycles. The van der Waals surface area contributed by atoms with Crippen molar-refractivity contribution in [3.8, 4) is 0 Å². The highest BCUT2D eigenvalue weighted by Gasteiger charge is 2.36. The average Bonchev–Trinajstić information content (AvgIpc) is 3.28. The second-order valence-corrected chi connectivity index (χ2v) is 8.93. The van der Waals surface area contributed by atoms with Crippen LogP contribution in [-0.4, -0.2) is 42.3 Å². The molecule has 1 saturated heterocycles. The van der Waals surface area contributed by atoms with Crippen LogP contribution in [0, 0.1) is 5.92 Å². The van der Waals surface area contributed by atoms with E-state index < -0.39 is 11.8 Å². The summed E-state index contributed by atoms with van der Waals surface area (Å²) in [5.41, 5.74) is 7.85. The van der Waals surface area contributed by atoms with Crippen LogP contribution in [0.3, 0.4) is 0 Å². The highest BCUT2D eigenvalue weighted by atomic mass is 32.1. The molecule has 2 aliphatic rings. The predicted octanol–water partition coefficient (Wildman–Crippen LogP) is 2.61. The van der Waals surface area contributed by atoms with Crippen LogP contribution in [-0.2, 0) is 22.6 Å². The summed E-state index contributed by atoms with van der Waals surface area (Å²) in [4.78, 5) is 42.6. The highest BCUT2D eigenvalue weighted by molar-refractivity contribution is 7.17. The zero-order chi connectivity index (χ0) is 21.3. The number of fused-ring (bicyclic) bond motifs is 1. The van der Waals surface area contributed by atoms with E-state index in [0.29, 0.717) is 17.1 Å². The van der Waals surface area contributed by atoms with Crippen LogP contribution in [0.2, 0.25) is 0 Å². The summed E-state index contributed by atoms with van der Waals surface area (Å²) in [6.07, 6.45) is 1.98. The van der Waals surface area contributed by atoms with Crippen molar-refractivity contribution in [3.63, 3.8) is 0 Å². The molecule has 3 amide bonds. The van der Waals surface area contributed by atoms with E-state index in [1.807, 2.05) is 30.3 Å². The highest BCUT2D eigenvalue weighted by Crippen LogP contribution is 2.37. The summed E-state index contributed by atoms with van der Waals surface area (Å²) < 4.78 is 0. The number of nitrogens with two attached hydrogens (primary N) is 1. The van der Waals surface area contributed by atoms with Gasteiger partial charge in [-0.15, -0.1) is 11.3 Å². The number of para-hydroxylation sites is 1. The minimum Gasteiger partial charge on any atom is -0.365 e. The van der Waals surface area contributed by atoms with Crippen LogP contribution in [0.1, 0.15) is 40.6 Å². The van der Waals surface area contributed by atoms with Crippen LogP contribution in [0.4, 0.5) is 10.7 Å². The van der Waals surface area contributed by atoms with Crippen LogP contribution in [0.15, 0.2) is 30.3 Å². The van der Waals surface area contributed by atoms with Gasteiger partial charge < -0.3 is 16.0 Å². The van der Waals surface area contributed by atoms with Gasteiger partial charge in [-0.1, -0.05) is 25.1 Å². The lowest BCUT2D eigenvalue weighted by Gasteiger charge is -2.26. The third-order valence-corrected chi connectivity index (χ3v) is 6.85. The van der Waals surface area contributed by atoms with Crippen molar-refractivity contribution in [1.29, 1.82) is 0 Å². The number of hydrogen-bond donors (Lipinski definition) is 2. The van der Waals surface area contributed by atoms with Crippen LogP contribution in [0.25, 0.3) is 0 Å². The number of carbonyl (C=O) groups excluding carboxylic acids is 3. The number of thiophene rings is 1. The van der Waals surface area contributed by atoms with Gasteiger partial charge in [0.1, 0.15) is 5.00 Å². The number of anilines is 2. The maximum Gasteiger partial charge on any atom is 0.251 e. The number of nitrogens with zero attached hydrogens (tertiary/aromatic N) is 2. The van der Waals surface area contributed by atoms with E-state index in [1.54, 1.807) is 4.90 Å². The van der Waals surface area contributed by atoms with Gasteiger partial charge in [0.25, 0.3) is 5.91 Å². The lowest BCUT2D eigenvalue weighted by atomic mass is 10.0. The van der Waals surface area contributed by atoms with Crippen LogP contribution < -0.4 is 16.0 Å². The third-order valence-electron chi connectivity index (χ3n) is 5.72. The Hall–Kier alpha value is -2.71. The molecule has 3 N–H and O–H groups in total. The molecule has 0 spiro atoms. The Morgan fingerprint density at radius 2 is 2.03 bits per heavy atom. The fourth-order valence-corrected chi connectivity index (χ4v) is 5.57. The lowest BCUT2D eigenvalue weighted by Crippen LogP contribution is -2.31. The van der Waals surface area contributed by atoms with Gasteiger partial charge in [-0.25, -0.2) is 0 Å². The number of hydrogen-bond acceptors (Lipinski definition) is 5. The number of benzene rings is 1. The first kappa shape index (κ1) is 20.6. The van der Waals surface area contributed by atoms with E-state index in [-0.39, 0.29) is 18.2 Å². The molecule has 1 aromatic carbocycles. The summed E-state index contributed by atoms with van der Waals surface area (Å²) in [6, 6.07) is 9.34. The molecule has 2 aromatic rings. The van der Waals surface area contributed by atoms with Crippen molar-refractivity contribution >= 4 is 39.7 Å². The fraction of sp³-hybridized carbons (Fsp3) is 0.409. The first-order chi connectivity index (χ1) is 14.5. The monoisotopic (exact) mass is 426 g/mol. The molecule has 0 aliphatic carbocycles. The standard InChI is InChI=1S/C22H26N4O3S/c1-2-9-25-10-8-16-17(13-25)30-22(19(16)20(23)28)24-21(29)14-11-18(27)26(12-14)15-6-4-3-5-7-15/h3-7,14H,2,8-13H2,1H3,(H2,23,28)(H,24,29). The smallest absolute Gasteiger partial charge is 0.251 e. The number of nitrogens with one attached hydrogen (secondary N) is 1. The van der Waals surface area contributed by atoms with Crippen molar-refractivity contribution in [1.82, 2.24) is 4.90 Å². The van der Waals surface area contributed by atoms with Crippen molar-refractivity contribution in [3.05, 3.63) is 46.3 Å². The van der Waals surface area contributed by atoms with E-state index in [2.05, 4.69) is 17.1 Å². The van der Waals surface area contributed by atoms with Crippen molar-refractivity contribution in [2.45, 2.75) is 32.7 Å². The topological polar surface area (TPSA) is 95.7 Å². The SMILES string of the molecule is CCCN1CCc2c(sc(NC(=O)C3CC(=O)N(c4ccccc4)C3)c2C(N)=O)C1. The second kappa shape index (κ2) is 8.57. The third kappa shape index (κ3) is 3.97. The molecule has 1 unspecified atom stereocenters. The zero-order valence-electron chi connectivity index (χ0n) is 17.0. The minimum atomic E-state index is -0.514. The molecule has 158 valence electrons. The molecule has 0 saturated carbocycles. The summed E-state index contributed by atoms with van der Waals surface area (Å²) >= 11 is 1.43. The molecule has 0 radical (unpaired) electrons. The number of primary amides is 1. The van der Waals surface area contributed by atoms with E-state index in [4.69, 9.17) is 5.73 Å². The van der Waals surface area contributed by atoms with Gasteiger partial charge in [0.2, 0.25) is 11.8 Å². The Labute approximate surface area is 179 Å². The Kier molecular flexibility index (Phi) is 5.87. The van der Waals surface area contributed by atoms with Crippen molar-refractivity contribution in [2.75, 3.05) is 29.9 Å². The van der Waals surface area contributed by atoms with E-state index in [1.165, 1.54) is 11.3 Å². The number of amides is 3. The van der Waals surface area contributed by atoms with E-state index >= 15 is 0 Å². The normalized spacial score (nSPS) is 19.0. The molecule has 8 heteroatoms. The lowest BCUT2D eigenvalue weighted by molar-refractivity contribution is -0.122. The zero-order valence-corrected chi connectivity index (χ0v) is 17.8. The first-order valence-electron chi connectivity index (χ1n) is 10.3. The maximum atomic E-state index is 12.9. The molecular weight excluding hydrogens is 400 g/mol.